The van der Waals surface area contributed by atoms with Crippen molar-refractivity contribution < 1.29 is 5.11 Å². The molecule has 0 aliphatic heterocycles. The van der Waals surface area contributed by atoms with Gasteiger partial charge in [-0.3, -0.25) is 0 Å². The van der Waals surface area contributed by atoms with Crippen molar-refractivity contribution in [2.45, 2.75) is 0 Å². The number of hydrogen-bond acceptors (Lipinski definition) is 2. The minimum absolute atomic E-state index is 0.249. The molecule has 56 valence electrons. The fraction of sp³-hybridized carbons (Fsp3) is 0. The number of pyridine rings is 1. The molecule has 2 aromatic rings. The molecule has 0 saturated heterocycles. The average Bonchev–Trinajstić information content (AvgIpc) is 2.33. The lowest BCUT2D eigenvalue weighted by Gasteiger charge is -1.93. The van der Waals surface area contributed by atoms with Gasteiger partial charge in [0, 0.05) is 12.3 Å². The SMILES string of the molecule is Oc1ccn2cnc(Br)c2c1. The first-order valence-electron chi connectivity index (χ1n) is 3.08. The molecular weight excluding hydrogens is 208 g/mol. The number of nitrogens with zero attached hydrogens (tertiary/aromatic N) is 2. The summed E-state index contributed by atoms with van der Waals surface area (Å²) in [5.74, 6) is 0.249. The average molecular weight is 213 g/mol. The molecule has 0 aliphatic rings. The summed E-state index contributed by atoms with van der Waals surface area (Å²) in [5, 5.41) is 9.11. The van der Waals surface area contributed by atoms with Crippen LogP contribution < -0.4 is 0 Å². The highest BCUT2D eigenvalue weighted by Gasteiger charge is 1.99. The Hall–Kier alpha value is -1.03. The van der Waals surface area contributed by atoms with Gasteiger partial charge in [0.25, 0.3) is 0 Å². The lowest BCUT2D eigenvalue weighted by molar-refractivity contribution is 0.475. The zero-order valence-electron chi connectivity index (χ0n) is 5.53. The van der Waals surface area contributed by atoms with Crippen LogP contribution in [0.25, 0.3) is 5.52 Å². The van der Waals surface area contributed by atoms with Gasteiger partial charge in [-0.1, -0.05) is 0 Å². The Morgan fingerprint density at radius 2 is 2.36 bits per heavy atom. The maximum absolute atomic E-state index is 9.11. The molecule has 0 fully saturated rings. The van der Waals surface area contributed by atoms with E-state index in [-0.39, 0.29) is 5.75 Å². The zero-order valence-corrected chi connectivity index (χ0v) is 7.12. The molecule has 0 atom stereocenters. The van der Waals surface area contributed by atoms with Crippen LogP contribution >= 0.6 is 15.9 Å². The van der Waals surface area contributed by atoms with Gasteiger partial charge in [0.05, 0.1) is 5.52 Å². The van der Waals surface area contributed by atoms with Crippen LogP contribution in [0.2, 0.25) is 0 Å². The number of rotatable bonds is 0. The van der Waals surface area contributed by atoms with Gasteiger partial charge in [-0.2, -0.15) is 0 Å². The molecule has 0 unspecified atom stereocenters. The lowest BCUT2D eigenvalue weighted by atomic mass is 10.4. The summed E-state index contributed by atoms with van der Waals surface area (Å²) in [5.41, 5.74) is 0.866. The predicted molar refractivity (Wildman–Crippen MR) is 44.6 cm³/mol. The summed E-state index contributed by atoms with van der Waals surface area (Å²) in [4.78, 5) is 4.01. The minimum Gasteiger partial charge on any atom is -0.508 e. The molecule has 0 bridgehead atoms. The molecular formula is C7H5BrN2O. The van der Waals surface area contributed by atoms with Crippen LogP contribution in [0.3, 0.4) is 0 Å². The molecule has 2 heterocycles. The van der Waals surface area contributed by atoms with E-state index in [1.54, 1.807) is 24.7 Å². The highest BCUT2D eigenvalue weighted by Crippen LogP contribution is 2.19. The highest BCUT2D eigenvalue weighted by atomic mass is 79.9. The van der Waals surface area contributed by atoms with Gasteiger partial charge < -0.3 is 9.51 Å². The minimum atomic E-state index is 0.249. The maximum Gasteiger partial charge on any atom is 0.132 e. The number of aromatic nitrogens is 2. The topological polar surface area (TPSA) is 37.5 Å². The van der Waals surface area contributed by atoms with E-state index in [1.807, 2.05) is 4.40 Å². The van der Waals surface area contributed by atoms with Gasteiger partial charge in [-0.05, 0) is 22.0 Å². The summed E-state index contributed by atoms with van der Waals surface area (Å²) in [7, 11) is 0. The Labute approximate surface area is 71.4 Å². The number of imidazole rings is 1. The number of aromatic hydroxyl groups is 1. The van der Waals surface area contributed by atoms with E-state index in [2.05, 4.69) is 20.9 Å². The van der Waals surface area contributed by atoms with E-state index in [0.717, 1.165) is 10.1 Å². The van der Waals surface area contributed by atoms with E-state index in [0.29, 0.717) is 0 Å². The van der Waals surface area contributed by atoms with Crippen molar-refractivity contribution in [2.75, 3.05) is 0 Å². The first kappa shape index (κ1) is 6.67. The first-order chi connectivity index (χ1) is 5.27. The van der Waals surface area contributed by atoms with Crippen LogP contribution in [0.1, 0.15) is 0 Å². The molecule has 11 heavy (non-hydrogen) atoms. The number of halogens is 1. The molecule has 3 nitrogen and oxygen atoms in total. The Morgan fingerprint density at radius 1 is 1.55 bits per heavy atom. The van der Waals surface area contributed by atoms with Gasteiger partial charge in [-0.25, -0.2) is 4.98 Å². The highest BCUT2D eigenvalue weighted by molar-refractivity contribution is 9.10. The van der Waals surface area contributed by atoms with Gasteiger partial charge in [-0.15, -0.1) is 0 Å². The second-order valence-electron chi connectivity index (χ2n) is 2.21. The molecule has 0 saturated carbocycles. The van der Waals surface area contributed by atoms with Crippen LogP contribution in [0.5, 0.6) is 5.75 Å². The standard InChI is InChI=1S/C7H5BrN2O/c8-7-6-3-5(11)1-2-10(6)4-9-7/h1-4,11H. The van der Waals surface area contributed by atoms with E-state index in [9.17, 15) is 0 Å². The van der Waals surface area contributed by atoms with Crippen molar-refractivity contribution >= 4 is 21.4 Å². The van der Waals surface area contributed by atoms with Crippen molar-refractivity contribution in [2.24, 2.45) is 0 Å². The summed E-state index contributed by atoms with van der Waals surface area (Å²) in [6, 6.07) is 3.26. The van der Waals surface area contributed by atoms with Gasteiger partial charge in [0.15, 0.2) is 0 Å². The van der Waals surface area contributed by atoms with Crippen molar-refractivity contribution in [3.05, 3.63) is 29.3 Å². The second kappa shape index (κ2) is 2.23. The number of hydrogen-bond donors (Lipinski definition) is 1. The first-order valence-corrected chi connectivity index (χ1v) is 3.88. The third kappa shape index (κ3) is 0.991. The van der Waals surface area contributed by atoms with E-state index < -0.39 is 0 Å². The normalized spacial score (nSPS) is 10.6. The molecule has 4 heteroatoms. The molecule has 0 aromatic carbocycles. The van der Waals surface area contributed by atoms with Crippen molar-refractivity contribution in [1.82, 2.24) is 9.38 Å². The maximum atomic E-state index is 9.11. The Bertz CT molecular complexity index is 396. The molecule has 2 aromatic heterocycles. The molecule has 0 amide bonds. The fourth-order valence-corrected chi connectivity index (χ4v) is 1.36. The van der Waals surface area contributed by atoms with Gasteiger partial charge >= 0.3 is 0 Å². The van der Waals surface area contributed by atoms with Crippen molar-refractivity contribution in [1.29, 1.82) is 0 Å². The van der Waals surface area contributed by atoms with Gasteiger partial charge in [0.1, 0.15) is 16.7 Å². The molecule has 0 radical (unpaired) electrons. The summed E-state index contributed by atoms with van der Waals surface area (Å²) in [6.07, 6.45) is 3.43. The number of fused-ring (bicyclic) bond motifs is 1. The zero-order chi connectivity index (χ0) is 7.84. The van der Waals surface area contributed by atoms with Crippen molar-refractivity contribution in [3.63, 3.8) is 0 Å². The summed E-state index contributed by atoms with van der Waals surface area (Å²) >= 11 is 3.26. The smallest absolute Gasteiger partial charge is 0.132 e. The van der Waals surface area contributed by atoms with Crippen LogP contribution in [0, 0.1) is 0 Å². The van der Waals surface area contributed by atoms with E-state index >= 15 is 0 Å². The molecule has 2 rings (SSSR count). The van der Waals surface area contributed by atoms with Crippen LogP contribution in [0.15, 0.2) is 29.3 Å². The Kier molecular flexibility index (Phi) is 1.35. The monoisotopic (exact) mass is 212 g/mol. The third-order valence-electron chi connectivity index (χ3n) is 1.48. The van der Waals surface area contributed by atoms with Crippen LogP contribution in [-0.2, 0) is 0 Å². The van der Waals surface area contributed by atoms with E-state index in [1.165, 1.54) is 0 Å². The largest absolute Gasteiger partial charge is 0.508 e. The lowest BCUT2D eigenvalue weighted by Crippen LogP contribution is -1.78. The molecule has 1 N–H and O–H groups in total. The summed E-state index contributed by atoms with van der Waals surface area (Å²) < 4.78 is 2.57. The predicted octanol–water partition coefficient (Wildman–Crippen LogP) is 1.80. The third-order valence-corrected chi connectivity index (χ3v) is 2.09. The quantitative estimate of drug-likeness (QED) is 0.724. The van der Waals surface area contributed by atoms with E-state index in [4.69, 9.17) is 5.11 Å². The second-order valence-corrected chi connectivity index (χ2v) is 2.96. The summed E-state index contributed by atoms with van der Waals surface area (Å²) in [6.45, 7) is 0. The van der Waals surface area contributed by atoms with Gasteiger partial charge in [0.2, 0.25) is 0 Å². The Balaban J connectivity index is 2.87. The van der Waals surface area contributed by atoms with Crippen LogP contribution in [-0.4, -0.2) is 14.5 Å². The molecule has 0 aliphatic carbocycles. The Morgan fingerprint density at radius 3 is 3.18 bits per heavy atom. The molecule has 0 spiro atoms. The van der Waals surface area contributed by atoms with Crippen LogP contribution in [0.4, 0.5) is 0 Å². The van der Waals surface area contributed by atoms with Crippen molar-refractivity contribution in [3.8, 4) is 5.75 Å². The fourth-order valence-electron chi connectivity index (χ4n) is 0.945.